The van der Waals surface area contributed by atoms with Gasteiger partial charge in [0.05, 0.1) is 30.3 Å². The van der Waals surface area contributed by atoms with Crippen molar-refractivity contribution >= 4 is 40.4 Å². The predicted octanol–water partition coefficient (Wildman–Crippen LogP) is 5.01. The number of hydrogen-bond acceptors (Lipinski definition) is 4. The number of nitrogens with one attached hydrogen (secondary N) is 1. The number of carbonyl (C=O) groups excluding carboxylic acids is 2. The van der Waals surface area contributed by atoms with E-state index in [0.717, 1.165) is 39.8 Å². The number of carboxylic acid groups (broad SMARTS) is 1. The molecule has 0 radical (unpaired) electrons. The van der Waals surface area contributed by atoms with Crippen LogP contribution in [0.25, 0.3) is 17.0 Å². The number of allylic oxidation sites excluding steroid dienone is 1. The molecule has 2 heterocycles. The van der Waals surface area contributed by atoms with E-state index in [1.807, 2.05) is 60.5 Å². The number of hydrogen-bond donors (Lipinski definition) is 2. The first-order valence-electron chi connectivity index (χ1n) is 11.6. The lowest BCUT2D eigenvalue weighted by molar-refractivity contribution is -0.137. The van der Waals surface area contributed by atoms with Crippen molar-refractivity contribution in [1.29, 1.82) is 0 Å². The zero-order valence-electron chi connectivity index (χ0n) is 19.5. The summed E-state index contributed by atoms with van der Waals surface area (Å²) in [5.74, 6) is -1.91. The van der Waals surface area contributed by atoms with Gasteiger partial charge in [-0.15, -0.1) is 0 Å². The molecule has 2 amide bonds. The number of imide groups is 1. The van der Waals surface area contributed by atoms with Crippen molar-refractivity contribution in [3.63, 3.8) is 0 Å². The number of H-pyrrole nitrogens is 1. The smallest absolute Gasteiger partial charge is 0.305 e. The summed E-state index contributed by atoms with van der Waals surface area (Å²) in [5.41, 5.74) is 3.96. The third-order valence-corrected chi connectivity index (χ3v) is 6.27. The summed E-state index contributed by atoms with van der Waals surface area (Å²) in [6.45, 7) is 3.93. The molecule has 0 bridgehead atoms. The Kier molecular flexibility index (Phi) is 6.82. The molecule has 0 saturated heterocycles. The second-order valence-corrected chi connectivity index (χ2v) is 8.56. The fourth-order valence-electron chi connectivity index (χ4n) is 4.43. The molecule has 4 rings (SSSR count). The van der Waals surface area contributed by atoms with Crippen LogP contribution >= 0.6 is 0 Å². The lowest BCUT2D eigenvalue weighted by atomic mass is 10.0. The number of nitrogens with zero attached hydrogens (tertiary/aromatic N) is 2. The summed E-state index contributed by atoms with van der Waals surface area (Å²) in [6, 6.07) is 13.4. The van der Waals surface area contributed by atoms with E-state index in [0.29, 0.717) is 11.3 Å². The van der Waals surface area contributed by atoms with Gasteiger partial charge in [-0.1, -0.05) is 49.8 Å². The normalized spacial score (nSPS) is 15.1. The highest BCUT2D eigenvalue weighted by atomic mass is 16.4. The number of amides is 2. The van der Waals surface area contributed by atoms with Crippen molar-refractivity contribution < 1.29 is 19.5 Å². The van der Waals surface area contributed by atoms with Crippen LogP contribution < -0.4 is 4.90 Å². The van der Waals surface area contributed by atoms with E-state index in [1.165, 1.54) is 0 Å². The number of unbranched alkanes of at least 4 members (excludes halogenated alkanes) is 1. The van der Waals surface area contributed by atoms with Crippen LogP contribution in [-0.4, -0.2) is 45.9 Å². The Morgan fingerprint density at radius 2 is 2.00 bits per heavy atom. The lowest BCUT2D eigenvalue weighted by Crippen LogP contribution is -2.42. The summed E-state index contributed by atoms with van der Waals surface area (Å²) in [7, 11) is 0. The highest BCUT2D eigenvalue weighted by Gasteiger charge is 2.35. The first-order chi connectivity index (χ1) is 16.4. The molecule has 0 spiro atoms. The molecule has 1 atom stereocenters. The summed E-state index contributed by atoms with van der Waals surface area (Å²) in [6.07, 6.45) is 7.63. The zero-order chi connectivity index (χ0) is 24.2. The average molecular weight is 460 g/mol. The van der Waals surface area contributed by atoms with Gasteiger partial charge in [0.1, 0.15) is 0 Å². The van der Waals surface area contributed by atoms with Gasteiger partial charge in [-0.2, -0.15) is 0 Å². The number of rotatable bonds is 8. The molecule has 0 aliphatic carbocycles. The van der Waals surface area contributed by atoms with Crippen LogP contribution in [-0.2, 0) is 9.59 Å². The third-order valence-electron chi connectivity index (χ3n) is 6.27. The third kappa shape index (κ3) is 4.59. The molecule has 1 aliphatic rings. The van der Waals surface area contributed by atoms with Gasteiger partial charge in [0.15, 0.2) is 0 Å². The SMILES string of the molecule is CCCC=Cc1ccc2c(c1)C(=O)N(CCC(=O)O)C(=O)CN2C(C)c1c[nH]c2ccccc12. The largest absolute Gasteiger partial charge is 0.481 e. The van der Waals surface area contributed by atoms with Crippen LogP contribution in [0.3, 0.4) is 0 Å². The molecule has 1 aromatic heterocycles. The van der Waals surface area contributed by atoms with Crippen LogP contribution in [0.1, 0.15) is 60.6 Å². The molecular weight excluding hydrogens is 430 g/mol. The number of carbonyl (C=O) groups is 3. The van der Waals surface area contributed by atoms with E-state index in [2.05, 4.69) is 18.0 Å². The predicted molar refractivity (Wildman–Crippen MR) is 133 cm³/mol. The Morgan fingerprint density at radius 3 is 2.76 bits per heavy atom. The van der Waals surface area contributed by atoms with Crippen LogP contribution in [0.15, 0.2) is 54.7 Å². The molecule has 7 heteroatoms. The van der Waals surface area contributed by atoms with E-state index in [1.54, 1.807) is 6.07 Å². The van der Waals surface area contributed by atoms with Crippen molar-refractivity contribution in [3.8, 4) is 0 Å². The average Bonchev–Trinajstić information content (AvgIpc) is 3.22. The molecule has 2 N–H and O–H groups in total. The fourth-order valence-corrected chi connectivity index (χ4v) is 4.43. The van der Waals surface area contributed by atoms with Gasteiger partial charge in [-0.3, -0.25) is 19.3 Å². The van der Waals surface area contributed by atoms with Gasteiger partial charge in [0.2, 0.25) is 5.91 Å². The second-order valence-electron chi connectivity index (χ2n) is 8.56. The molecule has 1 aliphatic heterocycles. The highest BCUT2D eigenvalue weighted by molar-refractivity contribution is 6.11. The molecule has 3 aromatic rings. The number of aromatic nitrogens is 1. The van der Waals surface area contributed by atoms with E-state index < -0.39 is 17.8 Å². The van der Waals surface area contributed by atoms with Crippen molar-refractivity contribution in [2.75, 3.05) is 18.0 Å². The lowest BCUT2D eigenvalue weighted by Gasteiger charge is -2.30. The van der Waals surface area contributed by atoms with Crippen LogP contribution in [0.4, 0.5) is 5.69 Å². The molecule has 1 unspecified atom stereocenters. The highest BCUT2D eigenvalue weighted by Crippen LogP contribution is 2.36. The summed E-state index contributed by atoms with van der Waals surface area (Å²) in [4.78, 5) is 44.1. The quantitative estimate of drug-likeness (QED) is 0.462. The Balaban J connectivity index is 1.78. The number of para-hydroxylation sites is 1. The van der Waals surface area contributed by atoms with E-state index >= 15 is 0 Å². The molecule has 2 aromatic carbocycles. The molecule has 0 fully saturated rings. The Morgan fingerprint density at radius 1 is 1.21 bits per heavy atom. The maximum atomic E-state index is 13.5. The number of fused-ring (bicyclic) bond motifs is 2. The van der Waals surface area contributed by atoms with Crippen molar-refractivity contribution in [1.82, 2.24) is 9.88 Å². The molecular formula is C27H29N3O4. The first-order valence-corrected chi connectivity index (χ1v) is 11.6. The molecule has 7 nitrogen and oxygen atoms in total. The minimum absolute atomic E-state index is 0.0238. The van der Waals surface area contributed by atoms with Crippen molar-refractivity contribution in [2.24, 2.45) is 0 Å². The summed E-state index contributed by atoms with van der Waals surface area (Å²) >= 11 is 0. The summed E-state index contributed by atoms with van der Waals surface area (Å²) < 4.78 is 0. The van der Waals surface area contributed by atoms with Gasteiger partial charge in [-0.05, 0) is 42.7 Å². The molecule has 34 heavy (non-hydrogen) atoms. The van der Waals surface area contributed by atoms with Gasteiger partial charge in [0, 0.05) is 23.6 Å². The van der Waals surface area contributed by atoms with Crippen LogP contribution in [0.2, 0.25) is 0 Å². The van der Waals surface area contributed by atoms with Gasteiger partial charge in [0.25, 0.3) is 5.91 Å². The first kappa shape index (κ1) is 23.3. The standard InChI is InChI=1S/C27H29N3O4/c1-3-4-5-8-19-11-12-24-21(15-19)27(34)29(14-13-26(32)33)25(31)17-30(24)18(2)22-16-28-23-10-7-6-9-20(22)23/h5-12,15-16,18,28H,3-4,13-14,17H2,1-2H3,(H,32,33). The maximum Gasteiger partial charge on any atom is 0.305 e. The number of carboxylic acids is 1. The van der Waals surface area contributed by atoms with E-state index in [-0.39, 0.29) is 25.6 Å². The fraction of sp³-hybridized carbons (Fsp3) is 0.296. The Hall–Kier alpha value is -3.87. The van der Waals surface area contributed by atoms with Crippen LogP contribution in [0.5, 0.6) is 0 Å². The molecule has 0 saturated carbocycles. The van der Waals surface area contributed by atoms with E-state index in [9.17, 15) is 14.4 Å². The zero-order valence-corrected chi connectivity index (χ0v) is 19.5. The minimum atomic E-state index is -1.05. The Labute approximate surface area is 198 Å². The van der Waals surface area contributed by atoms with Crippen molar-refractivity contribution in [3.05, 3.63) is 71.4 Å². The summed E-state index contributed by atoms with van der Waals surface area (Å²) in [5, 5.41) is 10.2. The van der Waals surface area contributed by atoms with Gasteiger partial charge >= 0.3 is 5.97 Å². The number of benzene rings is 2. The number of aromatic amines is 1. The monoisotopic (exact) mass is 459 g/mol. The van der Waals surface area contributed by atoms with Gasteiger partial charge < -0.3 is 15.0 Å². The topological polar surface area (TPSA) is 93.7 Å². The second kappa shape index (κ2) is 9.95. The minimum Gasteiger partial charge on any atom is -0.481 e. The maximum absolute atomic E-state index is 13.5. The molecule has 176 valence electrons. The number of aliphatic carboxylic acids is 1. The van der Waals surface area contributed by atoms with Gasteiger partial charge in [-0.25, -0.2) is 0 Å². The number of anilines is 1. The van der Waals surface area contributed by atoms with Crippen LogP contribution in [0, 0.1) is 0 Å². The van der Waals surface area contributed by atoms with Crippen molar-refractivity contribution in [2.45, 2.75) is 39.2 Å². The Bertz CT molecular complexity index is 1260. The van der Waals surface area contributed by atoms with E-state index in [4.69, 9.17) is 5.11 Å².